The second kappa shape index (κ2) is 6.22. The third kappa shape index (κ3) is 4.59. The second-order valence-electron chi connectivity index (χ2n) is 2.18. The van der Waals surface area contributed by atoms with Gasteiger partial charge in [-0.1, -0.05) is 6.42 Å². The Morgan fingerprint density at radius 3 is 2.11 bits per heavy atom. The van der Waals surface area contributed by atoms with Crippen molar-refractivity contribution < 1.29 is 4.43 Å². The van der Waals surface area contributed by atoms with E-state index in [1.807, 2.05) is 0 Å². The van der Waals surface area contributed by atoms with Gasteiger partial charge in [-0.2, -0.15) is 0 Å². The Labute approximate surface area is 58.7 Å². The van der Waals surface area contributed by atoms with Gasteiger partial charge in [0.05, 0.1) is 0 Å². The van der Waals surface area contributed by atoms with Gasteiger partial charge < -0.3 is 16.7 Å². The maximum Gasteiger partial charge on any atom is 0.173 e. The van der Waals surface area contributed by atoms with Crippen molar-refractivity contribution >= 4 is 9.04 Å². The van der Waals surface area contributed by atoms with E-state index in [0.29, 0.717) is 0 Å². The van der Waals surface area contributed by atoms with Crippen molar-refractivity contribution in [1.82, 2.24) is 12.3 Å². The third-order valence-corrected chi connectivity index (χ3v) is 3.43. The molecular formula is C5H18N2OSi. The Morgan fingerprint density at radius 2 is 1.89 bits per heavy atom. The Balaban J connectivity index is 0. The van der Waals surface area contributed by atoms with Crippen LogP contribution < -0.4 is 12.3 Å². The summed E-state index contributed by atoms with van der Waals surface area (Å²) in [7, 11) is -0.595. The van der Waals surface area contributed by atoms with Crippen LogP contribution in [-0.4, -0.2) is 15.6 Å². The Kier molecular flexibility index (Phi) is 8.18. The van der Waals surface area contributed by atoms with Crippen LogP contribution in [0.5, 0.6) is 0 Å². The highest BCUT2D eigenvalue weighted by molar-refractivity contribution is 6.50. The molecule has 1 heterocycles. The van der Waals surface area contributed by atoms with E-state index in [2.05, 4.69) is 6.55 Å². The normalized spacial score (nSPS) is 25.7. The van der Waals surface area contributed by atoms with E-state index in [-0.39, 0.29) is 12.3 Å². The SMILES string of the molecule is C[SiH]1CCCCO1.N.N. The summed E-state index contributed by atoms with van der Waals surface area (Å²) >= 11 is 0. The van der Waals surface area contributed by atoms with Crippen LogP contribution in [0.15, 0.2) is 0 Å². The molecule has 4 heteroatoms. The molecule has 6 N–H and O–H groups in total. The molecule has 0 spiro atoms. The van der Waals surface area contributed by atoms with E-state index in [9.17, 15) is 0 Å². The molecule has 3 nitrogen and oxygen atoms in total. The molecular weight excluding hydrogens is 132 g/mol. The average molecular weight is 150 g/mol. The van der Waals surface area contributed by atoms with Gasteiger partial charge >= 0.3 is 0 Å². The van der Waals surface area contributed by atoms with Crippen LogP contribution in [0.2, 0.25) is 12.6 Å². The summed E-state index contributed by atoms with van der Waals surface area (Å²) in [5, 5.41) is 0. The molecule has 1 saturated heterocycles. The molecule has 0 amide bonds. The predicted molar refractivity (Wildman–Crippen MR) is 43.1 cm³/mol. The van der Waals surface area contributed by atoms with Gasteiger partial charge in [-0.25, -0.2) is 0 Å². The number of hydrogen-bond acceptors (Lipinski definition) is 3. The van der Waals surface area contributed by atoms with Gasteiger partial charge in [-0.05, 0) is 19.0 Å². The first-order valence-corrected chi connectivity index (χ1v) is 5.45. The summed E-state index contributed by atoms with van der Waals surface area (Å²) in [5.41, 5.74) is 0. The van der Waals surface area contributed by atoms with E-state index in [4.69, 9.17) is 4.43 Å². The average Bonchev–Trinajstić information content (AvgIpc) is 1.69. The first-order chi connectivity index (χ1) is 3.39. The Hall–Kier alpha value is 0.0969. The minimum Gasteiger partial charge on any atom is -0.420 e. The summed E-state index contributed by atoms with van der Waals surface area (Å²) in [6.07, 6.45) is 2.73. The quantitative estimate of drug-likeness (QED) is 0.513. The third-order valence-electron chi connectivity index (χ3n) is 1.41. The van der Waals surface area contributed by atoms with Gasteiger partial charge in [0.1, 0.15) is 0 Å². The van der Waals surface area contributed by atoms with Crippen LogP contribution in [0.25, 0.3) is 0 Å². The molecule has 9 heavy (non-hydrogen) atoms. The zero-order chi connectivity index (χ0) is 5.11. The fourth-order valence-electron chi connectivity index (χ4n) is 0.902. The number of hydrogen-bond donors (Lipinski definition) is 2. The molecule has 0 saturated carbocycles. The summed E-state index contributed by atoms with van der Waals surface area (Å²) in [6, 6.07) is 1.40. The molecule has 0 aromatic carbocycles. The highest BCUT2D eigenvalue weighted by atomic mass is 28.3. The van der Waals surface area contributed by atoms with E-state index in [0.717, 1.165) is 6.61 Å². The number of rotatable bonds is 0. The smallest absolute Gasteiger partial charge is 0.173 e. The molecule has 1 unspecified atom stereocenters. The molecule has 58 valence electrons. The molecule has 1 aliphatic rings. The predicted octanol–water partition coefficient (Wildman–Crippen LogP) is 1.47. The second-order valence-corrected chi connectivity index (χ2v) is 4.71. The van der Waals surface area contributed by atoms with Crippen molar-refractivity contribution in [3.63, 3.8) is 0 Å². The van der Waals surface area contributed by atoms with Crippen molar-refractivity contribution in [3.05, 3.63) is 0 Å². The first kappa shape index (κ1) is 11.8. The van der Waals surface area contributed by atoms with Gasteiger partial charge in [-0.3, -0.25) is 0 Å². The van der Waals surface area contributed by atoms with Crippen molar-refractivity contribution in [1.29, 1.82) is 0 Å². The van der Waals surface area contributed by atoms with Crippen molar-refractivity contribution in [2.24, 2.45) is 0 Å². The standard InChI is InChI=1S/C5H12OSi.2H3N/c1-7-5-3-2-4-6-7;;/h7H,2-5H2,1H3;2*1H3. The lowest BCUT2D eigenvalue weighted by Gasteiger charge is -2.16. The lowest BCUT2D eigenvalue weighted by atomic mass is 10.4. The first-order valence-electron chi connectivity index (χ1n) is 3.01. The molecule has 1 rings (SSSR count). The highest BCUT2D eigenvalue weighted by Crippen LogP contribution is 2.09. The fraction of sp³-hybridized carbons (Fsp3) is 1.00. The van der Waals surface area contributed by atoms with Crippen LogP contribution in [-0.2, 0) is 4.43 Å². The molecule has 1 fully saturated rings. The van der Waals surface area contributed by atoms with E-state index < -0.39 is 9.04 Å². The molecule has 0 bridgehead atoms. The summed E-state index contributed by atoms with van der Waals surface area (Å²) < 4.78 is 5.42. The Bertz CT molecular complexity index is 56.9. The molecule has 0 aromatic heterocycles. The van der Waals surface area contributed by atoms with Crippen LogP contribution in [0.4, 0.5) is 0 Å². The zero-order valence-electron chi connectivity index (χ0n) is 6.23. The maximum absolute atomic E-state index is 5.42. The zero-order valence-corrected chi connectivity index (χ0v) is 7.38. The summed E-state index contributed by atoms with van der Waals surface area (Å²) in [5.74, 6) is 0. The van der Waals surface area contributed by atoms with Crippen molar-refractivity contribution in [3.8, 4) is 0 Å². The largest absolute Gasteiger partial charge is 0.420 e. The van der Waals surface area contributed by atoms with Gasteiger partial charge in [0.25, 0.3) is 0 Å². The van der Waals surface area contributed by atoms with E-state index in [1.165, 1.54) is 18.9 Å². The van der Waals surface area contributed by atoms with Crippen LogP contribution in [0.3, 0.4) is 0 Å². The van der Waals surface area contributed by atoms with Gasteiger partial charge in [0.15, 0.2) is 9.04 Å². The lowest BCUT2D eigenvalue weighted by Crippen LogP contribution is -2.18. The Morgan fingerprint density at radius 1 is 1.22 bits per heavy atom. The van der Waals surface area contributed by atoms with Crippen LogP contribution in [0, 0.1) is 0 Å². The van der Waals surface area contributed by atoms with E-state index in [1.54, 1.807) is 0 Å². The van der Waals surface area contributed by atoms with Gasteiger partial charge in [0.2, 0.25) is 0 Å². The van der Waals surface area contributed by atoms with Gasteiger partial charge in [-0.15, -0.1) is 0 Å². The molecule has 0 aliphatic carbocycles. The minimum atomic E-state index is -0.595. The molecule has 0 aromatic rings. The summed E-state index contributed by atoms with van der Waals surface area (Å²) in [4.78, 5) is 0. The fourth-order valence-corrected chi connectivity index (χ4v) is 2.50. The molecule has 0 radical (unpaired) electrons. The van der Waals surface area contributed by atoms with Crippen molar-refractivity contribution in [2.75, 3.05) is 6.61 Å². The lowest BCUT2D eigenvalue weighted by molar-refractivity contribution is 0.291. The topological polar surface area (TPSA) is 79.2 Å². The highest BCUT2D eigenvalue weighted by Gasteiger charge is 2.08. The minimum absolute atomic E-state index is 0. The van der Waals surface area contributed by atoms with Crippen molar-refractivity contribution in [2.45, 2.75) is 25.4 Å². The summed E-state index contributed by atoms with van der Waals surface area (Å²) in [6.45, 7) is 3.33. The molecule has 1 aliphatic heterocycles. The van der Waals surface area contributed by atoms with Gasteiger partial charge in [0, 0.05) is 6.61 Å². The molecule has 1 atom stereocenters. The monoisotopic (exact) mass is 150 g/mol. The maximum atomic E-state index is 5.42. The van der Waals surface area contributed by atoms with E-state index >= 15 is 0 Å². The van der Waals surface area contributed by atoms with Crippen LogP contribution >= 0.6 is 0 Å². The van der Waals surface area contributed by atoms with Crippen LogP contribution in [0.1, 0.15) is 12.8 Å².